The van der Waals surface area contributed by atoms with Gasteiger partial charge in [-0.2, -0.15) is 0 Å². The molecule has 0 bridgehead atoms. The number of rotatable bonds is 5. The van der Waals surface area contributed by atoms with Crippen molar-refractivity contribution in [2.75, 3.05) is 32.8 Å². The first-order valence-electron chi connectivity index (χ1n) is 9.93. The number of carbonyl (C=O) groups is 3. The van der Waals surface area contributed by atoms with E-state index in [9.17, 15) is 19.5 Å². The number of aliphatic carboxylic acids is 1. The third-order valence-corrected chi connectivity index (χ3v) is 5.76. The van der Waals surface area contributed by atoms with Crippen LogP contribution in [0.15, 0.2) is 30.3 Å². The highest BCUT2D eigenvalue weighted by atomic mass is 16.5. The summed E-state index contributed by atoms with van der Waals surface area (Å²) in [6.07, 6.45) is 2.03. The number of carboxylic acids is 1. The zero-order valence-corrected chi connectivity index (χ0v) is 16.3. The monoisotopic (exact) mass is 388 g/mol. The minimum Gasteiger partial charge on any atom is -0.484 e. The SMILES string of the molecule is CC1CN(C(=O)C2CCCN(C(=O)COc3ccccc3)C2)CCC1C(=O)O. The van der Waals surface area contributed by atoms with Crippen molar-refractivity contribution in [3.63, 3.8) is 0 Å². The van der Waals surface area contributed by atoms with Crippen LogP contribution < -0.4 is 4.74 Å². The molecule has 2 fully saturated rings. The maximum atomic E-state index is 12.9. The predicted molar refractivity (Wildman–Crippen MR) is 103 cm³/mol. The highest BCUT2D eigenvalue weighted by Crippen LogP contribution is 2.27. The van der Waals surface area contributed by atoms with E-state index in [2.05, 4.69) is 0 Å². The Labute approximate surface area is 165 Å². The lowest BCUT2D eigenvalue weighted by Gasteiger charge is -2.39. The summed E-state index contributed by atoms with van der Waals surface area (Å²) in [4.78, 5) is 40.2. The number of hydrogen-bond donors (Lipinski definition) is 1. The van der Waals surface area contributed by atoms with Crippen LogP contribution in [-0.2, 0) is 14.4 Å². The average molecular weight is 388 g/mol. The van der Waals surface area contributed by atoms with Crippen molar-refractivity contribution in [1.82, 2.24) is 9.80 Å². The molecule has 3 atom stereocenters. The second-order valence-electron chi connectivity index (χ2n) is 7.78. The Morgan fingerprint density at radius 1 is 1.07 bits per heavy atom. The average Bonchev–Trinajstić information content (AvgIpc) is 2.72. The third-order valence-electron chi connectivity index (χ3n) is 5.76. The Morgan fingerprint density at radius 2 is 1.82 bits per heavy atom. The molecule has 1 N–H and O–H groups in total. The number of carbonyl (C=O) groups excluding carboxylic acids is 2. The van der Waals surface area contributed by atoms with Crippen molar-refractivity contribution < 1.29 is 24.2 Å². The van der Waals surface area contributed by atoms with Gasteiger partial charge in [0.25, 0.3) is 5.91 Å². The van der Waals surface area contributed by atoms with Crippen LogP contribution in [-0.4, -0.2) is 65.5 Å². The van der Waals surface area contributed by atoms with Crippen LogP contribution in [0.3, 0.4) is 0 Å². The summed E-state index contributed by atoms with van der Waals surface area (Å²) in [6.45, 7) is 3.84. The number of ether oxygens (including phenoxy) is 1. The predicted octanol–water partition coefficient (Wildman–Crippen LogP) is 1.87. The van der Waals surface area contributed by atoms with Crippen LogP contribution in [0, 0.1) is 17.8 Å². The molecule has 1 aromatic rings. The van der Waals surface area contributed by atoms with E-state index in [0.29, 0.717) is 38.3 Å². The number of piperidine rings is 2. The van der Waals surface area contributed by atoms with Crippen LogP contribution in [0.4, 0.5) is 0 Å². The fourth-order valence-electron chi connectivity index (χ4n) is 4.13. The Balaban J connectivity index is 1.52. The smallest absolute Gasteiger partial charge is 0.306 e. The zero-order valence-electron chi connectivity index (χ0n) is 16.3. The first-order chi connectivity index (χ1) is 13.5. The quantitative estimate of drug-likeness (QED) is 0.832. The number of hydrogen-bond acceptors (Lipinski definition) is 4. The minimum atomic E-state index is -0.785. The van der Waals surface area contributed by atoms with Gasteiger partial charge in [-0.15, -0.1) is 0 Å². The van der Waals surface area contributed by atoms with E-state index in [4.69, 9.17) is 4.74 Å². The molecule has 2 amide bonds. The lowest BCUT2D eigenvalue weighted by molar-refractivity contribution is -0.151. The highest BCUT2D eigenvalue weighted by Gasteiger charge is 2.37. The highest BCUT2D eigenvalue weighted by molar-refractivity contribution is 5.82. The van der Waals surface area contributed by atoms with E-state index in [1.165, 1.54) is 0 Å². The number of carboxylic acid groups (broad SMARTS) is 1. The van der Waals surface area contributed by atoms with Gasteiger partial charge in [0.2, 0.25) is 5.91 Å². The van der Waals surface area contributed by atoms with Crippen LogP contribution in [0.25, 0.3) is 0 Å². The number of para-hydroxylation sites is 1. The zero-order chi connectivity index (χ0) is 20.1. The fourth-order valence-corrected chi connectivity index (χ4v) is 4.13. The third kappa shape index (κ3) is 4.82. The molecule has 7 heteroatoms. The molecule has 0 saturated carbocycles. The molecule has 0 aliphatic carbocycles. The molecule has 0 spiro atoms. The summed E-state index contributed by atoms with van der Waals surface area (Å²) >= 11 is 0. The van der Waals surface area contributed by atoms with Gasteiger partial charge in [-0.25, -0.2) is 0 Å². The van der Waals surface area contributed by atoms with Gasteiger partial charge < -0.3 is 19.6 Å². The van der Waals surface area contributed by atoms with E-state index < -0.39 is 5.97 Å². The summed E-state index contributed by atoms with van der Waals surface area (Å²) in [5, 5.41) is 9.25. The lowest BCUT2D eigenvalue weighted by atomic mass is 9.86. The largest absolute Gasteiger partial charge is 0.484 e. The number of likely N-dealkylation sites (tertiary alicyclic amines) is 2. The van der Waals surface area contributed by atoms with Crippen LogP contribution >= 0.6 is 0 Å². The molecule has 2 aliphatic rings. The summed E-state index contributed by atoms with van der Waals surface area (Å²) in [7, 11) is 0. The van der Waals surface area contributed by atoms with Crippen molar-refractivity contribution in [1.29, 1.82) is 0 Å². The first-order valence-corrected chi connectivity index (χ1v) is 9.93. The van der Waals surface area contributed by atoms with Crippen molar-refractivity contribution in [2.24, 2.45) is 17.8 Å². The van der Waals surface area contributed by atoms with Gasteiger partial charge in [-0.3, -0.25) is 14.4 Å². The molecule has 7 nitrogen and oxygen atoms in total. The summed E-state index contributed by atoms with van der Waals surface area (Å²) in [6, 6.07) is 9.19. The fraction of sp³-hybridized carbons (Fsp3) is 0.571. The molecular weight excluding hydrogens is 360 g/mol. The molecule has 2 aliphatic heterocycles. The van der Waals surface area contributed by atoms with Crippen LogP contribution in [0.5, 0.6) is 5.75 Å². The molecule has 1 aromatic carbocycles. The van der Waals surface area contributed by atoms with Crippen molar-refractivity contribution in [3.8, 4) is 5.75 Å². The summed E-state index contributed by atoms with van der Waals surface area (Å²) in [5.74, 6) is -0.873. The van der Waals surface area contributed by atoms with E-state index in [1.54, 1.807) is 21.9 Å². The Morgan fingerprint density at radius 3 is 2.50 bits per heavy atom. The molecular formula is C21H28N2O5. The van der Waals surface area contributed by atoms with Crippen LogP contribution in [0.1, 0.15) is 26.2 Å². The van der Waals surface area contributed by atoms with Gasteiger partial charge in [-0.05, 0) is 37.3 Å². The van der Waals surface area contributed by atoms with E-state index in [1.807, 2.05) is 25.1 Å². The van der Waals surface area contributed by atoms with Gasteiger partial charge in [0.05, 0.1) is 11.8 Å². The molecule has 3 unspecified atom stereocenters. The Hall–Kier alpha value is -2.57. The minimum absolute atomic E-state index is 0.0358. The number of benzene rings is 1. The van der Waals surface area contributed by atoms with E-state index in [0.717, 1.165) is 12.8 Å². The molecule has 0 radical (unpaired) electrons. The van der Waals surface area contributed by atoms with Gasteiger partial charge in [-0.1, -0.05) is 25.1 Å². The molecule has 3 rings (SSSR count). The second-order valence-corrected chi connectivity index (χ2v) is 7.78. The first kappa shape index (κ1) is 20.2. The molecule has 2 heterocycles. The summed E-state index contributed by atoms with van der Waals surface area (Å²) < 4.78 is 5.54. The van der Waals surface area contributed by atoms with Crippen LogP contribution in [0.2, 0.25) is 0 Å². The Bertz CT molecular complexity index is 708. The number of nitrogens with zero attached hydrogens (tertiary/aromatic N) is 2. The maximum absolute atomic E-state index is 12.9. The summed E-state index contributed by atoms with van der Waals surface area (Å²) in [5.41, 5.74) is 0. The van der Waals surface area contributed by atoms with E-state index >= 15 is 0 Å². The van der Waals surface area contributed by atoms with Crippen molar-refractivity contribution >= 4 is 17.8 Å². The molecule has 152 valence electrons. The van der Waals surface area contributed by atoms with Gasteiger partial charge in [0.1, 0.15) is 5.75 Å². The van der Waals surface area contributed by atoms with Crippen molar-refractivity contribution in [2.45, 2.75) is 26.2 Å². The van der Waals surface area contributed by atoms with Gasteiger partial charge in [0, 0.05) is 26.2 Å². The molecule has 0 aromatic heterocycles. The van der Waals surface area contributed by atoms with Gasteiger partial charge >= 0.3 is 5.97 Å². The topological polar surface area (TPSA) is 87.2 Å². The standard InChI is InChI=1S/C21H28N2O5/c1-15-12-23(11-9-18(15)21(26)27)20(25)16-6-5-10-22(13-16)19(24)14-28-17-7-3-2-4-8-17/h2-4,7-8,15-16,18H,5-6,9-14H2,1H3,(H,26,27). The normalized spacial score (nSPS) is 25.2. The van der Waals surface area contributed by atoms with Gasteiger partial charge in [0.15, 0.2) is 6.61 Å². The Kier molecular flexibility index (Phi) is 6.54. The molecule has 2 saturated heterocycles. The second kappa shape index (κ2) is 9.08. The molecule has 28 heavy (non-hydrogen) atoms. The van der Waals surface area contributed by atoms with E-state index in [-0.39, 0.29) is 36.2 Å². The van der Waals surface area contributed by atoms with Crippen molar-refractivity contribution in [3.05, 3.63) is 30.3 Å². The maximum Gasteiger partial charge on any atom is 0.306 e. The lowest BCUT2D eigenvalue weighted by Crippen LogP contribution is -2.51. The number of amides is 2.